The van der Waals surface area contributed by atoms with Crippen LogP contribution in [0.4, 0.5) is 0 Å². The molecule has 8 nitrogen and oxygen atoms in total. The van der Waals surface area contributed by atoms with Gasteiger partial charge in [0.05, 0.1) is 40.6 Å². The van der Waals surface area contributed by atoms with E-state index in [1.807, 2.05) is 18.2 Å². The molecule has 3 aromatic carbocycles. The Kier molecular flexibility index (Phi) is 11.0. The lowest BCUT2D eigenvalue weighted by atomic mass is 9.88. The molecule has 0 saturated carbocycles. The van der Waals surface area contributed by atoms with Gasteiger partial charge in [0.1, 0.15) is 17.2 Å². The van der Waals surface area contributed by atoms with Gasteiger partial charge in [-0.1, -0.05) is 45.1 Å². The van der Waals surface area contributed by atoms with E-state index < -0.39 is 11.8 Å². The molecule has 1 aliphatic rings. The van der Waals surface area contributed by atoms with Crippen molar-refractivity contribution in [3.63, 3.8) is 0 Å². The molecule has 0 saturated heterocycles. The minimum Gasteiger partial charge on any atom is -0.497 e. The van der Waals surface area contributed by atoms with E-state index in [0.717, 1.165) is 18.4 Å². The summed E-state index contributed by atoms with van der Waals surface area (Å²) in [6.45, 7) is 2.82. The average Bonchev–Trinajstić information content (AvgIpc) is 3.29. The van der Waals surface area contributed by atoms with Crippen molar-refractivity contribution in [2.75, 3.05) is 35.0 Å². The van der Waals surface area contributed by atoms with E-state index in [0.29, 0.717) is 52.1 Å². The Morgan fingerprint density at radius 2 is 1.37 bits per heavy atom. The predicted octanol–water partition coefficient (Wildman–Crippen LogP) is 6.86. The highest BCUT2D eigenvalue weighted by Gasteiger charge is 2.48. The topological polar surface area (TPSA) is 92.7 Å². The molecule has 43 heavy (non-hydrogen) atoms. The first kappa shape index (κ1) is 31.8. The fraction of sp³-hybridized carbons (Fsp3) is 0.400. The standard InChI is InChI=1S/C35H42O8/c1-6-7-8-9-10-11-18-42-31-17-12-24(20-32(31)41-5)19-30-33(25-21-28(39-3)23-29(22-25)40-4)34(36)43-35(30,37)26-13-15-27(38-2)16-14-26/h12-17,20-23,37H,6-11,18-19H2,1-5H3. The Labute approximate surface area is 254 Å². The number of carbonyl (C=O) groups is 1. The smallest absolute Gasteiger partial charge is 0.342 e. The summed E-state index contributed by atoms with van der Waals surface area (Å²) in [4.78, 5) is 13.5. The van der Waals surface area contributed by atoms with Gasteiger partial charge in [0.15, 0.2) is 11.5 Å². The van der Waals surface area contributed by atoms with Crippen molar-refractivity contribution in [3.05, 3.63) is 82.9 Å². The minimum atomic E-state index is -2.02. The highest BCUT2D eigenvalue weighted by molar-refractivity contribution is 6.20. The van der Waals surface area contributed by atoms with Gasteiger partial charge in [0.25, 0.3) is 5.79 Å². The fourth-order valence-electron chi connectivity index (χ4n) is 5.25. The molecule has 0 radical (unpaired) electrons. The molecule has 3 aromatic rings. The first-order valence-electron chi connectivity index (χ1n) is 14.7. The van der Waals surface area contributed by atoms with Crippen molar-refractivity contribution in [1.29, 1.82) is 0 Å². The number of methoxy groups -OCH3 is 4. The van der Waals surface area contributed by atoms with Gasteiger partial charge in [-0.05, 0) is 66.1 Å². The van der Waals surface area contributed by atoms with E-state index in [9.17, 15) is 9.90 Å². The normalized spacial score (nSPS) is 16.2. The number of esters is 1. The van der Waals surface area contributed by atoms with E-state index in [1.165, 1.54) is 39.9 Å². The maximum Gasteiger partial charge on any atom is 0.342 e. The number of hydrogen-bond donors (Lipinski definition) is 1. The Bertz CT molecular complexity index is 1390. The number of unbranched alkanes of at least 4 members (excludes halogenated alkanes) is 5. The van der Waals surface area contributed by atoms with E-state index >= 15 is 0 Å². The lowest BCUT2D eigenvalue weighted by Gasteiger charge is -2.26. The zero-order valence-electron chi connectivity index (χ0n) is 25.7. The van der Waals surface area contributed by atoms with Crippen LogP contribution in [-0.2, 0) is 21.7 Å². The van der Waals surface area contributed by atoms with Crippen LogP contribution in [0.5, 0.6) is 28.7 Å². The Morgan fingerprint density at radius 3 is 2.00 bits per heavy atom. The van der Waals surface area contributed by atoms with Gasteiger partial charge in [-0.3, -0.25) is 0 Å². The van der Waals surface area contributed by atoms with Gasteiger partial charge in [0, 0.05) is 23.6 Å². The Morgan fingerprint density at radius 1 is 0.721 bits per heavy atom. The molecule has 0 aliphatic carbocycles. The molecule has 1 aliphatic heterocycles. The molecule has 4 rings (SSSR count). The second-order valence-electron chi connectivity index (χ2n) is 10.5. The summed E-state index contributed by atoms with van der Waals surface area (Å²) < 4.78 is 33.7. The van der Waals surface area contributed by atoms with Crippen molar-refractivity contribution in [1.82, 2.24) is 0 Å². The number of aliphatic hydroxyl groups is 1. The van der Waals surface area contributed by atoms with Crippen LogP contribution in [0.15, 0.2) is 66.2 Å². The minimum absolute atomic E-state index is 0.192. The SMILES string of the molecule is CCCCCCCCOc1ccc(CC2=C(c3cc(OC)cc(OC)c3)C(=O)OC2(O)c2ccc(OC)cc2)cc1OC. The van der Waals surface area contributed by atoms with E-state index in [4.69, 9.17) is 28.4 Å². The second-order valence-corrected chi connectivity index (χ2v) is 10.5. The Hall–Kier alpha value is -4.17. The molecular formula is C35H42O8. The number of rotatable bonds is 16. The van der Waals surface area contributed by atoms with Gasteiger partial charge >= 0.3 is 5.97 Å². The van der Waals surface area contributed by atoms with Crippen molar-refractivity contribution in [2.45, 2.75) is 57.7 Å². The van der Waals surface area contributed by atoms with E-state index in [2.05, 4.69) is 6.92 Å². The third-order valence-corrected chi connectivity index (χ3v) is 7.64. The Balaban J connectivity index is 1.70. The van der Waals surface area contributed by atoms with Crippen LogP contribution in [0.25, 0.3) is 5.57 Å². The summed E-state index contributed by atoms with van der Waals surface area (Å²) in [6.07, 6.45) is 7.25. The summed E-state index contributed by atoms with van der Waals surface area (Å²) in [5.41, 5.74) is 2.31. The van der Waals surface area contributed by atoms with Crippen LogP contribution in [0.1, 0.15) is 62.1 Å². The van der Waals surface area contributed by atoms with Gasteiger partial charge in [0.2, 0.25) is 0 Å². The summed E-state index contributed by atoms with van der Waals surface area (Å²) in [6, 6.07) is 17.6. The van der Waals surface area contributed by atoms with Crippen molar-refractivity contribution >= 4 is 11.5 Å². The summed E-state index contributed by atoms with van der Waals surface area (Å²) >= 11 is 0. The molecule has 0 fully saturated rings. The predicted molar refractivity (Wildman–Crippen MR) is 165 cm³/mol. The lowest BCUT2D eigenvalue weighted by molar-refractivity contribution is -0.185. The maximum absolute atomic E-state index is 13.5. The number of cyclic esters (lactones) is 1. The van der Waals surface area contributed by atoms with Gasteiger partial charge in [-0.15, -0.1) is 0 Å². The van der Waals surface area contributed by atoms with Gasteiger partial charge in [-0.2, -0.15) is 0 Å². The second kappa shape index (κ2) is 14.8. The van der Waals surface area contributed by atoms with Crippen molar-refractivity contribution in [3.8, 4) is 28.7 Å². The molecule has 0 aromatic heterocycles. The zero-order valence-corrected chi connectivity index (χ0v) is 25.7. The third-order valence-electron chi connectivity index (χ3n) is 7.64. The summed E-state index contributed by atoms with van der Waals surface area (Å²) in [5.74, 6) is 0.165. The first-order chi connectivity index (χ1) is 20.9. The van der Waals surface area contributed by atoms with Crippen LogP contribution in [0, 0.1) is 0 Å². The molecule has 1 atom stereocenters. The highest BCUT2D eigenvalue weighted by Crippen LogP contribution is 2.46. The molecule has 0 spiro atoms. The molecular weight excluding hydrogens is 548 g/mol. The molecule has 8 heteroatoms. The molecule has 0 amide bonds. The summed E-state index contributed by atoms with van der Waals surface area (Å²) in [7, 11) is 6.24. The number of hydrogen-bond acceptors (Lipinski definition) is 8. The fourth-order valence-corrected chi connectivity index (χ4v) is 5.25. The molecule has 0 bridgehead atoms. The van der Waals surface area contributed by atoms with Gasteiger partial charge < -0.3 is 33.5 Å². The van der Waals surface area contributed by atoms with E-state index in [-0.39, 0.29) is 12.0 Å². The van der Waals surface area contributed by atoms with Crippen molar-refractivity contribution < 1.29 is 38.3 Å². The molecule has 1 heterocycles. The van der Waals surface area contributed by atoms with Gasteiger partial charge in [-0.25, -0.2) is 4.79 Å². The van der Waals surface area contributed by atoms with Crippen LogP contribution >= 0.6 is 0 Å². The molecule has 1 N–H and O–H groups in total. The highest BCUT2D eigenvalue weighted by atomic mass is 16.7. The third kappa shape index (κ3) is 7.43. The number of carbonyl (C=O) groups excluding carboxylic acids is 1. The maximum atomic E-state index is 13.5. The van der Waals surface area contributed by atoms with Crippen molar-refractivity contribution in [2.24, 2.45) is 0 Å². The largest absolute Gasteiger partial charge is 0.497 e. The van der Waals surface area contributed by atoms with Crippen LogP contribution in [-0.4, -0.2) is 46.1 Å². The average molecular weight is 591 g/mol. The van der Waals surface area contributed by atoms with Crippen LogP contribution in [0.3, 0.4) is 0 Å². The number of ether oxygens (including phenoxy) is 6. The number of benzene rings is 3. The zero-order chi connectivity index (χ0) is 30.8. The quantitative estimate of drug-likeness (QED) is 0.143. The lowest BCUT2D eigenvalue weighted by Crippen LogP contribution is -2.29. The van der Waals surface area contributed by atoms with Crippen LogP contribution < -0.4 is 23.7 Å². The molecule has 1 unspecified atom stereocenters. The first-order valence-corrected chi connectivity index (χ1v) is 14.7. The monoisotopic (exact) mass is 590 g/mol. The van der Waals surface area contributed by atoms with E-state index in [1.54, 1.807) is 56.7 Å². The molecule has 230 valence electrons. The summed E-state index contributed by atoms with van der Waals surface area (Å²) in [5, 5.41) is 12.0. The van der Waals surface area contributed by atoms with Crippen LogP contribution in [0.2, 0.25) is 0 Å².